The van der Waals surface area contributed by atoms with E-state index in [9.17, 15) is 18.8 Å². The fourth-order valence-corrected chi connectivity index (χ4v) is 4.10. The molecular formula is C21H26FN3O4. The van der Waals surface area contributed by atoms with Gasteiger partial charge in [-0.05, 0) is 50.7 Å². The quantitative estimate of drug-likeness (QED) is 0.719. The topological polar surface area (TPSA) is 82.3 Å². The van der Waals surface area contributed by atoms with Gasteiger partial charge in [0.25, 0.3) is 5.56 Å². The van der Waals surface area contributed by atoms with Gasteiger partial charge < -0.3 is 10.1 Å². The van der Waals surface area contributed by atoms with Crippen LogP contribution in [-0.2, 0) is 16.1 Å². The molecule has 0 atom stereocenters. The lowest BCUT2D eigenvalue weighted by atomic mass is 10.1. The predicted molar refractivity (Wildman–Crippen MR) is 108 cm³/mol. The van der Waals surface area contributed by atoms with Crippen LogP contribution in [0.4, 0.5) is 10.1 Å². The van der Waals surface area contributed by atoms with Crippen LogP contribution in [0.3, 0.4) is 0 Å². The summed E-state index contributed by atoms with van der Waals surface area (Å²) >= 11 is 0. The molecule has 1 heterocycles. The molecule has 1 aromatic carbocycles. The number of anilines is 1. The Bertz CT molecular complexity index is 1050. The molecule has 156 valence electrons. The van der Waals surface area contributed by atoms with Crippen LogP contribution in [0.2, 0.25) is 0 Å². The van der Waals surface area contributed by atoms with Crippen molar-refractivity contribution in [2.75, 3.05) is 18.5 Å². The molecule has 2 saturated carbocycles. The SMILES string of the molecule is CCOC(=O)Cn1c(=O)c2cc(F)c(NCC3CC3)cc2n(C2CCCC2)c1=O. The monoisotopic (exact) mass is 403 g/mol. The molecule has 0 aliphatic heterocycles. The largest absolute Gasteiger partial charge is 0.465 e. The molecule has 8 heteroatoms. The van der Waals surface area contributed by atoms with Gasteiger partial charge in [0, 0.05) is 12.6 Å². The van der Waals surface area contributed by atoms with Crippen molar-refractivity contribution in [3.05, 3.63) is 38.8 Å². The first-order chi connectivity index (χ1) is 14.0. The fraction of sp³-hybridized carbons (Fsp3) is 0.571. The summed E-state index contributed by atoms with van der Waals surface area (Å²) in [5.41, 5.74) is -0.480. The standard InChI is InChI=1S/C21H26FN3O4/c1-2-29-19(26)12-24-20(27)15-9-16(22)17(23-11-13-7-8-13)10-18(15)25(21(24)28)14-5-3-4-6-14/h9-10,13-14,23H,2-8,11-12H2,1H3. The lowest BCUT2D eigenvalue weighted by Crippen LogP contribution is -2.43. The first kappa shape index (κ1) is 19.7. The van der Waals surface area contributed by atoms with Gasteiger partial charge in [-0.15, -0.1) is 0 Å². The third-order valence-corrected chi connectivity index (χ3v) is 5.82. The van der Waals surface area contributed by atoms with Crippen molar-refractivity contribution >= 4 is 22.6 Å². The number of esters is 1. The number of hydrogen-bond donors (Lipinski definition) is 1. The van der Waals surface area contributed by atoms with Gasteiger partial charge in [0.2, 0.25) is 0 Å². The number of aromatic nitrogens is 2. The highest BCUT2D eigenvalue weighted by Crippen LogP contribution is 2.32. The Morgan fingerprint density at radius 1 is 1.21 bits per heavy atom. The van der Waals surface area contributed by atoms with Gasteiger partial charge in [-0.3, -0.25) is 14.2 Å². The number of carbonyl (C=O) groups is 1. The molecule has 7 nitrogen and oxygen atoms in total. The summed E-state index contributed by atoms with van der Waals surface area (Å²) in [5, 5.41) is 3.22. The summed E-state index contributed by atoms with van der Waals surface area (Å²) in [5.74, 6) is -0.638. The molecule has 2 aliphatic rings. The molecule has 2 fully saturated rings. The number of carbonyl (C=O) groups excluding carboxylic acids is 1. The average Bonchev–Trinajstić information content (AvgIpc) is 3.37. The van der Waals surface area contributed by atoms with Crippen molar-refractivity contribution in [1.82, 2.24) is 9.13 Å². The minimum absolute atomic E-state index is 0.0687. The van der Waals surface area contributed by atoms with Crippen LogP contribution in [0.5, 0.6) is 0 Å². The van der Waals surface area contributed by atoms with E-state index in [0.29, 0.717) is 23.7 Å². The van der Waals surface area contributed by atoms with Crippen molar-refractivity contribution in [2.45, 2.75) is 58.0 Å². The van der Waals surface area contributed by atoms with E-state index in [1.165, 1.54) is 6.07 Å². The Morgan fingerprint density at radius 3 is 2.59 bits per heavy atom. The molecule has 1 aromatic heterocycles. The molecule has 0 saturated heterocycles. The molecule has 29 heavy (non-hydrogen) atoms. The maximum absolute atomic E-state index is 14.7. The summed E-state index contributed by atoms with van der Waals surface area (Å²) in [4.78, 5) is 38.1. The molecule has 0 radical (unpaired) electrons. The molecule has 0 spiro atoms. The van der Waals surface area contributed by atoms with Gasteiger partial charge >= 0.3 is 11.7 Å². The maximum Gasteiger partial charge on any atom is 0.332 e. The Hall–Kier alpha value is -2.64. The third-order valence-electron chi connectivity index (χ3n) is 5.82. The molecular weight excluding hydrogens is 377 g/mol. The van der Waals surface area contributed by atoms with E-state index >= 15 is 0 Å². The first-order valence-corrected chi connectivity index (χ1v) is 10.4. The maximum atomic E-state index is 14.7. The number of benzene rings is 1. The number of nitrogens with one attached hydrogen (secondary N) is 1. The lowest BCUT2D eigenvalue weighted by Gasteiger charge is -2.20. The molecule has 0 unspecified atom stereocenters. The van der Waals surface area contributed by atoms with E-state index in [1.54, 1.807) is 17.6 Å². The summed E-state index contributed by atoms with van der Waals surface area (Å²) in [6, 6.07) is 2.68. The number of fused-ring (bicyclic) bond motifs is 1. The highest BCUT2D eigenvalue weighted by molar-refractivity contribution is 5.82. The van der Waals surface area contributed by atoms with Gasteiger partial charge in [0.15, 0.2) is 0 Å². The van der Waals surface area contributed by atoms with Crippen LogP contribution in [-0.4, -0.2) is 28.3 Å². The van der Waals surface area contributed by atoms with Crippen LogP contribution in [0.25, 0.3) is 10.9 Å². The molecule has 2 aromatic rings. The second kappa shape index (κ2) is 8.00. The second-order valence-corrected chi connectivity index (χ2v) is 7.96. The van der Waals surface area contributed by atoms with Crippen LogP contribution in [0.1, 0.15) is 51.5 Å². The zero-order valence-corrected chi connectivity index (χ0v) is 16.6. The molecule has 0 amide bonds. The van der Waals surface area contributed by atoms with Gasteiger partial charge in [-0.1, -0.05) is 12.8 Å². The second-order valence-electron chi connectivity index (χ2n) is 7.96. The Kier molecular flexibility index (Phi) is 5.43. The molecule has 1 N–H and O–H groups in total. The zero-order chi connectivity index (χ0) is 20.5. The number of halogens is 1. The number of hydrogen-bond acceptors (Lipinski definition) is 5. The van der Waals surface area contributed by atoms with E-state index in [1.807, 2.05) is 0 Å². The summed E-state index contributed by atoms with van der Waals surface area (Å²) in [6.07, 6.45) is 5.87. The minimum atomic E-state index is -0.667. The molecule has 4 rings (SSSR count). The van der Waals surface area contributed by atoms with Crippen LogP contribution < -0.4 is 16.6 Å². The first-order valence-electron chi connectivity index (χ1n) is 10.4. The van der Waals surface area contributed by atoms with Crippen molar-refractivity contribution in [1.29, 1.82) is 0 Å². The fourth-order valence-electron chi connectivity index (χ4n) is 4.10. The minimum Gasteiger partial charge on any atom is -0.465 e. The van der Waals surface area contributed by atoms with E-state index in [0.717, 1.165) is 43.1 Å². The van der Waals surface area contributed by atoms with Crippen molar-refractivity contribution < 1.29 is 13.9 Å². The number of ether oxygens (including phenoxy) is 1. The average molecular weight is 403 g/mol. The smallest absolute Gasteiger partial charge is 0.332 e. The van der Waals surface area contributed by atoms with E-state index in [-0.39, 0.29) is 18.0 Å². The van der Waals surface area contributed by atoms with Crippen LogP contribution in [0.15, 0.2) is 21.7 Å². The molecule has 2 aliphatic carbocycles. The van der Waals surface area contributed by atoms with Crippen molar-refractivity contribution in [2.24, 2.45) is 5.92 Å². The highest BCUT2D eigenvalue weighted by atomic mass is 19.1. The van der Waals surface area contributed by atoms with E-state index < -0.39 is 29.6 Å². The summed E-state index contributed by atoms with van der Waals surface area (Å²) in [7, 11) is 0. The highest BCUT2D eigenvalue weighted by Gasteiger charge is 2.26. The Morgan fingerprint density at radius 2 is 1.93 bits per heavy atom. The lowest BCUT2D eigenvalue weighted by molar-refractivity contribution is -0.143. The normalized spacial score (nSPS) is 17.0. The number of rotatable bonds is 7. The van der Waals surface area contributed by atoms with Crippen LogP contribution in [0, 0.1) is 11.7 Å². The van der Waals surface area contributed by atoms with E-state index in [4.69, 9.17) is 4.74 Å². The van der Waals surface area contributed by atoms with E-state index in [2.05, 4.69) is 5.32 Å². The van der Waals surface area contributed by atoms with Gasteiger partial charge in [0.1, 0.15) is 12.4 Å². The number of nitrogens with zero attached hydrogens (tertiary/aromatic N) is 2. The van der Waals surface area contributed by atoms with Gasteiger partial charge in [-0.2, -0.15) is 0 Å². The van der Waals surface area contributed by atoms with Crippen molar-refractivity contribution in [3.63, 3.8) is 0 Å². The van der Waals surface area contributed by atoms with Crippen molar-refractivity contribution in [3.8, 4) is 0 Å². The zero-order valence-electron chi connectivity index (χ0n) is 16.6. The van der Waals surface area contributed by atoms with Gasteiger partial charge in [0.05, 0.1) is 23.2 Å². The predicted octanol–water partition coefficient (Wildman–Crippen LogP) is 2.80. The Balaban J connectivity index is 1.87. The third kappa shape index (κ3) is 3.93. The summed E-state index contributed by atoms with van der Waals surface area (Å²) < 4.78 is 22.1. The Labute approximate surface area is 167 Å². The van der Waals surface area contributed by atoms with Gasteiger partial charge in [-0.25, -0.2) is 13.8 Å². The van der Waals surface area contributed by atoms with Crippen LogP contribution >= 0.6 is 0 Å². The molecule has 0 bridgehead atoms. The summed E-state index contributed by atoms with van der Waals surface area (Å²) in [6.45, 7) is 2.01.